The van der Waals surface area contributed by atoms with Crippen molar-refractivity contribution < 1.29 is 8.42 Å². The molecule has 120 valence electrons. The monoisotopic (exact) mass is 322 g/mol. The van der Waals surface area contributed by atoms with Gasteiger partial charge in [0.1, 0.15) is 4.90 Å². The van der Waals surface area contributed by atoms with E-state index in [1.54, 1.807) is 13.8 Å². The number of nitrogens with one attached hydrogen (secondary N) is 2. The van der Waals surface area contributed by atoms with E-state index in [2.05, 4.69) is 14.9 Å². The largest absolute Gasteiger partial charge is 0.305 e. The number of anilines is 1. The molecule has 2 N–H and O–H groups in total. The summed E-state index contributed by atoms with van der Waals surface area (Å²) in [6.07, 6.45) is 0. The van der Waals surface area contributed by atoms with E-state index in [-0.39, 0.29) is 4.90 Å². The van der Waals surface area contributed by atoms with E-state index in [0.29, 0.717) is 17.1 Å². The van der Waals surface area contributed by atoms with Crippen LogP contribution in [0.1, 0.15) is 22.5 Å². The highest BCUT2D eigenvalue weighted by Crippen LogP contribution is 2.24. The molecule has 1 aromatic carbocycles. The molecule has 1 heterocycles. The molecule has 0 radical (unpaired) electrons. The summed E-state index contributed by atoms with van der Waals surface area (Å²) in [5, 5.41) is 6.66. The molecular formula is C15H22N4O2S. The van der Waals surface area contributed by atoms with Crippen molar-refractivity contribution in [2.75, 3.05) is 18.8 Å². The lowest BCUT2D eigenvalue weighted by molar-refractivity contribution is 0.402. The molecule has 0 bridgehead atoms. The minimum Gasteiger partial charge on any atom is -0.305 e. The van der Waals surface area contributed by atoms with Crippen LogP contribution in [0.15, 0.2) is 23.1 Å². The predicted octanol–water partition coefficient (Wildman–Crippen LogP) is 2.20. The molecule has 22 heavy (non-hydrogen) atoms. The van der Waals surface area contributed by atoms with Gasteiger partial charge >= 0.3 is 0 Å². The highest BCUT2D eigenvalue weighted by Gasteiger charge is 2.23. The van der Waals surface area contributed by atoms with Gasteiger partial charge in [0, 0.05) is 6.54 Å². The molecule has 0 amide bonds. The summed E-state index contributed by atoms with van der Waals surface area (Å²) in [4.78, 5) is 2.25. The van der Waals surface area contributed by atoms with Crippen LogP contribution in [0.4, 0.5) is 5.69 Å². The highest BCUT2D eigenvalue weighted by atomic mass is 32.2. The summed E-state index contributed by atoms with van der Waals surface area (Å²) in [5.74, 6) is 0. The quantitative estimate of drug-likeness (QED) is 0.884. The van der Waals surface area contributed by atoms with E-state index >= 15 is 0 Å². The van der Waals surface area contributed by atoms with Gasteiger partial charge in [-0.25, -0.2) is 8.42 Å². The lowest BCUT2D eigenvalue weighted by Gasteiger charge is -2.14. The lowest BCUT2D eigenvalue weighted by atomic mass is 10.1. The number of aryl methyl sites for hydroxylation is 3. The third-order valence-corrected chi connectivity index (χ3v) is 5.00. The number of hydrogen-bond acceptors (Lipinski definition) is 4. The Hall–Kier alpha value is -1.86. The molecule has 0 fully saturated rings. The number of sulfonamides is 1. The zero-order valence-electron chi connectivity index (χ0n) is 13.6. The molecule has 0 saturated carbocycles. The van der Waals surface area contributed by atoms with Crippen molar-refractivity contribution in [1.82, 2.24) is 15.1 Å². The zero-order chi connectivity index (χ0) is 16.5. The summed E-state index contributed by atoms with van der Waals surface area (Å²) >= 11 is 0. The summed E-state index contributed by atoms with van der Waals surface area (Å²) in [6.45, 7) is 6.00. The maximum absolute atomic E-state index is 12.6. The van der Waals surface area contributed by atoms with Gasteiger partial charge in [0.25, 0.3) is 10.0 Å². The molecule has 2 rings (SSSR count). The Morgan fingerprint density at radius 1 is 1.23 bits per heavy atom. The smallest absolute Gasteiger partial charge is 0.265 e. The molecule has 2 aromatic rings. The second-order valence-electron chi connectivity index (χ2n) is 5.76. The Morgan fingerprint density at radius 3 is 2.45 bits per heavy atom. The summed E-state index contributed by atoms with van der Waals surface area (Å²) in [7, 11) is 0.292. The Kier molecular flexibility index (Phi) is 4.58. The van der Waals surface area contributed by atoms with E-state index in [1.807, 2.05) is 44.1 Å². The van der Waals surface area contributed by atoms with Crippen LogP contribution in [-0.2, 0) is 16.6 Å². The first kappa shape index (κ1) is 16.5. The van der Waals surface area contributed by atoms with Crippen molar-refractivity contribution >= 4 is 15.7 Å². The normalized spacial score (nSPS) is 11.9. The molecular weight excluding hydrogens is 300 g/mol. The molecule has 6 nitrogen and oxygen atoms in total. The highest BCUT2D eigenvalue weighted by molar-refractivity contribution is 7.92. The Labute approximate surface area is 131 Å². The predicted molar refractivity (Wildman–Crippen MR) is 87.4 cm³/mol. The van der Waals surface area contributed by atoms with Gasteiger partial charge < -0.3 is 4.90 Å². The van der Waals surface area contributed by atoms with Crippen LogP contribution in [-0.4, -0.2) is 37.6 Å². The van der Waals surface area contributed by atoms with Crippen molar-refractivity contribution in [2.24, 2.45) is 0 Å². The molecule has 0 spiro atoms. The van der Waals surface area contributed by atoms with Crippen molar-refractivity contribution in [3.63, 3.8) is 0 Å². The second-order valence-corrected chi connectivity index (χ2v) is 7.37. The Morgan fingerprint density at radius 2 is 1.91 bits per heavy atom. The fourth-order valence-corrected chi connectivity index (χ4v) is 3.87. The summed E-state index contributed by atoms with van der Waals surface area (Å²) in [6, 6.07) is 5.80. The Balaban J connectivity index is 2.37. The lowest BCUT2D eigenvalue weighted by Crippen LogP contribution is -2.16. The number of benzene rings is 1. The van der Waals surface area contributed by atoms with Gasteiger partial charge in [-0.15, -0.1) is 0 Å². The van der Waals surface area contributed by atoms with E-state index in [9.17, 15) is 8.42 Å². The van der Waals surface area contributed by atoms with Crippen LogP contribution in [0.3, 0.4) is 0 Å². The van der Waals surface area contributed by atoms with Gasteiger partial charge in [0.15, 0.2) is 0 Å². The van der Waals surface area contributed by atoms with Crippen molar-refractivity contribution in [3.8, 4) is 0 Å². The third-order valence-electron chi connectivity index (χ3n) is 3.37. The third kappa shape index (κ3) is 3.48. The molecule has 0 saturated heterocycles. The van der Waals surface area contributed by atoms with Crippen LogP contribution in [0.2, 0.25) is 0 Å². The first-order valence-electron chi connectivity index (χ1n) is 6.99. The molecule has 0 aliphatic carbocycles. The number of aromatic amines is 1. The van der Waals surface area contributed by atoms with Crippen LogP contribution in [0, 0.1) is 20.8 Å². The zero-order valence-corrected chi connectivity index (χ0v) is 14.4. The number of rotatable bonds is 5. The molecule has 0 aliphatic rings. The molecule has 7 heteroatoms. The SMILES string of the molecule is Cc1ccc(CN(C)C)cc1NS(=O)(=O)c1c(C)n[nH]c1C. The number of hydrogen-bond donors (Lipinski definition) is 2. The summed E-state index contributed by atoms with van der Waals surface area (Å²) < 4.78 is 27.9. The maximum Gasteiger partial charge on any atom is 0.265 e. The molecule has 0 atom stereocenters. The van der Waals surface area contributed by atoms with Crippen LogP contribution < -0.4 is 4.72 Å². The second kappa shape index (κ2) is 6.10. The number of aromatic nitrogens is 2. The molecule has 0 unspecified atom stereocenters. The van der Waals surface area contributed by atoms with Crippen LogP contribution in [0.25, 0.3) is 0 Å². The van der Waals surface area contributed by atoms with E-state index in [1.165, 1.54) is 0 Å². The fraction of sp³-hybridized carbons (Fsp3) is 0.400. The van der Waals surface area contributed by atoms with Gasteiger partial charge in [-0.05, 0) is 52.1 Å². The average molecular weight is 322 g/mol. The minimum atomic E-state index is -3.66. The van der Waals surface area contributed by atoms with Gasteiger partial charge in [0.2, 0.25) is 0 Å². The molecule has 1 aromatic heterocycles. The fourth-order valence-electron chi connectivity index (χ4n) is 2.38. The topological polar surface area (TPSA) is 78.1 Å². The van der Waals surface area contributed by atoms with Crippen LogP contribution >= 0.6 is 0 Å². The van der Waals surface area contributed by atoms with Gasteiger partial charge in [0.05, 0.1) is 17.1 Å². The van der Waals surface area contributed by atoms with Crippen molar-refractivity contribution in [3.05, 3.63) is 40.7 Å². The summed E-state index contributed by atoms with van der Waals surface area (Å²) in [5.41, 5.74) is 3.53. The minimum absolute atomic E-state index is 0.213. The van der Waals surface area contributed by atoms with Gasteiger partial charge in [-0.1, -0.05) is 12.1 Å². The van der Waals surface area contributed by atoms with Crippen LogP contribution in [0.5, 0.6) is 0 Å². The van der Waals surface area contributed by atoms with Gasteiger partial charge in [-0.2, -0.15) is 5.10 Å². The Bertz CT molecular complexity index is 759. The standard InChI is InChI=1S/C15H22N4O2S/c1-10-6-7-13(9-19(4)5)8-14(10)18-22(20,21)15-11(2)16-17-12(15)3/h6-8,18H,9H2,1-5H3,(H,16,17). The van der Waals surface area contributed by atoms with Gasteiger partial charge in [-0.3, -0.25) is 9.82 Å². The van der Waals surface area contributed by atoms with E-state index < -0.39 is 10.0 Å². The van der Waals surface area contributed by atoms with E-state index in [4.69, 9.17) is 0 Å². The average Bonchev–Trinajstić information content (AvgIpc) is 2.73. The van der Waals surface area contributed by atoms with Crippen molar-refractivity contribution in [2.45, 2.75) is 32.2 Å². The number of nitrogens with zero attached hydrogens (tertiary/aromatic N) is 2. The van der Waals surface area contributed by atoms with E-state index in [0.717, 1.165) is 17.7 Å². The first-order valence-corrected chi connectivity index (χ1v) is 8.47. The molecule has 0 aliphatic heterocycles. The number of H-pyrrole nitrogens is 1. The van der Waals surface area contributed by atoms with Crippen molar-refractivity contribution in [1.29, 1.82) is 0 Å². The first-order chi connectivity index (χ1) is 10.2. The maximum atomic E-state index is 12.6.